The summed E-state index contributed by atoms with van der Waals surface area (Å²) in [6.45, 7) is 7.59. The molecule has 3 rings (SSSR count). The van der Waals surface area contributed by atoms with Crippen LogP contribution in [0.25, 0.3) is 0 Å². The summed E-state index contributed by atoms with van der Waals surface area (Å²) in [4.78, 5) is 5.49. The number of nitrogens with two attached hydrogens (primary N) is 1. The number of piperidine rings is 1. The normalized spacial score (nSPS) is 42.0. The van der Waals surface area contributed by atoms with E-state index in [9.17, 15) is 0 Å². The molecule has 3 nitrogen and oxygen atoms in total. The molecule has 1 saturated carbocycles. The van der Waals surface area contributed by atoms with Crippen LogP contribution in [0.2, 0.25) is 0 Å². The lowest BCUT2D eigenvalue weighted by Gasteiger charge is -2.49. The Morgan fingerprint density at radius 3 is 2.63 bits per heavy atom. The van der Waals surface area contributed by atoms with Crippen molar-refractivity contribution in [2.24, 2.45) is 11.7 Å². The van der Waals surface area contributed by atoms with Gasteiger partial charge in [-0.1, -0.05) is 19.3 Å². The lowest BCUT2D eigenvalue weighted by molar-refractivity contribution is 0.00322. The van der Waals surface area contributed by atoms with Crippen LogP contribution < -0.4 is 5.73 Å². The first kappa shape index (κ1) is 13.8. The van der Waals surface area contributed by atoms with Crippen molar-refractivity contribution < 1.29 is 0 Å². The summed E-state index contributed by atoms with van der Waals surface area (Å²) in [6, 6.07) is 2.03. The summed E-state index contributed by atoms with van der Waals surface area (Å²) in [6.07, 6.45) is 9.63. The molecule has 2 heterocycles. The first-order chi connectivity index (χ1) is 9.24. The molecule has 0 amide bonds. The standard InChI is InChI=1S/C16H31N3/c1-13-10-18-9-5-4-7-15(18)12-19(13)11-14-6-2-3-8-16(14)17/h13-16H,2-12,17H2,1H3. The Labute approximate surface area is 118 Å². The van der Waals surface area contributed by atoms with E-state index in [1.54, 1.807) is 0 Å². The molecular weight excluding hydrogens is 234 g/mol. The van der Waals surface area contributed by atoms with E-state index >= 15 is 0 Å². The largest absolute Gasteiger partial charge is 0.327 e. The number of piperazine rings is 1. The van der Waals surface area contributed by atoms with Crippen molar-refractivity contribution in [2.45, 2.75) is 70.0 Å². The maximum Gasteiger partial charge on any atom is 0.0223 e. The molecule has 1 aliphatic carbocycles. The van der Waals surface area contributed by atoms with Crippen LogP contribution in [0.1, 0.15) is 51.9 Å². The average Bonchev–Trinajstić information content (AvgIpc) is 2.42. The predicted octanol–water partition coefficient (Wildman–Crippen LogP) is 2.06. The van der Waals surface area contributed by atoms with Crippen LogP contribution in [0.15, 0.2) is 0 Å². The number of hydrogen-bond acceptors (Lipinski definition) is 3. The van der Waals surface area contributed by atoms with Crippen molar-refractivity contribution in [3.05, 3.63) is 0 Å². The fraction of sp³-hybridized carbons (Fsp3) is 1.00. The van der Waals surface area contributed by atoms with Gasteiger partial charge in [-0.15, -0.1) is 0 Å². The van der Waals surface area contributed by atoms with E-state index in [-0.39, 0.29) is 0 Å². The molecule has 0 aromatic carbocycles. The topological polar surface area (TPSA) is 32.5 Å². The van der Waals surface area contributed by atoms with Gasteiger partial charge in [0.05, 0.1) is 0 Å². The Balaban J connectivity index is 1.57. The third-order valence-electron chi connectivity index (χ3n) is 5.75. The maximum atomic E-state index is 6.34. The minimum atomic E-state index is 0.463. The van der Waals surface area contributed by atoms with Crippen LogP contribution in [0.4, 0.5) is 0 Å². The van der Waals surface area contributed by atoms with Gasteiger partial charge in [0, 0.05) is 37.8 Å². The zero-order valence-electron chi connectivity index (χ0n) is 12.6. The zero-order valence-corrected chi connectivity index (χ0v) is 12.6. The van der Waals surface area contributed by atoms with Gasteiger partial charge in [-0.25, -0.2) is 0 Å². The van der Waals surface area contributed by atoms with Crippen LogP contribution in [-0.2, 0) is 0 Å². The fourth-order valence-corrected chi connectivity index (χ4v) is 4.43. The molecule has 0 aromatic heterocycles. The van der Waals surface area contributed by atoms with Gasteiger partial charge in [-0.05, 0) is 45.1 Å². The van der Waals surface area contributed by atoms with E-state index < -0.39 is 0 Å². The molecule has 0 radical (unpaired) electrons. The Morgan fingerprint density at radius 1 is 1.00 bits per heavy atom. The van der Waals surface area contributed by atoms with Crippen molar-refractivity contribution in [3.63, 3.8) is 0 Å². The Kier molecular flexibility index (Phi) is 4.45. The van der Waals surface area contributed by atoms with Crippen molar-refractivity contribution in [1.29, 1.82) is 0 Å². The van der Waals surface area contributed by atoms with Crippen molar-refractivity contribution in [3.8, 4) is 0 Å². The molecule has 2 N–H and O–H groups in total. The van der Waals surface area contributed by atoms with E-state index in [1.807, 2.05) is 0 Å². The average molecular weight is 265 g/mol. The highest BCUT2D eigenvalue weighted by molar-refractivity contribution is 4.91. The van der Waals surface area contributed by atoms with Crippen molar-refractivity contribution >= 4 is 0 Å². The van der Waals surface area contributed by atoms with Gasteiger partial charge in [0.15, 0.2) is 0 Å². The molecule has 4 atom stereocenters. The fourth-order valence-electron chi connectivity index (χ4n) is 4.43. The molecule has 3 heteroatoms. The number of rotatable bonds is 2. The molecule has 0 aromatic rings. The van der Waals surface area contributed by atoms with Gasteiger partial charge in [-0.3, -0.25) is 9.80 Å². The Hall–Kier alpha value is -0.120. The van der Waals surface area contributed by atoms with Crippen LogP contribution in [0.5, 0.6) is 0 Å². The summed E-state index contributed by atoms with van der Waals surface area (Å²) in [5, 5.41) is 0. The third-order valence-corrected chi connectivity index (χ3v) is 5.75. The second kappa shape index (κ2) is 6.11. The molecule has 3 fully saturated rings. The first-order valence-corrected chi connectivity index (χ1v) is 8.47. The molecule has 2 aliphatic heterocycles. The van der Waals surface area contributed by atoms with Gasteiger partial charge in [0.2, 0.25) is 0 Å². The van der Waals surface area contributed by atoms with Crippen LogP contribution in [0.3, 0.4) is 0 Å². The van der Waals surface area contributed by atoms with Gasteiger partial charge >= 0.3 is 0 Å². The summed E-state index contributed by atoms with van der Waals surface area (Å²) in [5.74, 6) is 0.756. The van der Waals surface area contributed by atoms with E-state index in [0.717, 1.165) is 18.0 Å². The molecular formula is C16H31N3. The van der Waals surface area contributed by atoms with E-state index in [1.165, 1.54) is 71.1 Å². The lowest BCUT2D eigenvalue weighted by atomic mass is 9.84. The predicted molar refractivity (Wildman–Crippen MR) is 80.2 cm³/mol. The molecule has 110 valence electrons. The minimum absolute atomic E-state index is 0.463. The van der Waals surface area contributed by atoms with Crippen LogP contribution in [-0.4, -0.2) is 54.1 Å². The van der Waals surface area contributed by atoms with Crippen molar-refractivity contribution in [2.75, 3.05) is 26.2 Å². The number of hydrogen-bond donors (Lipinski definition) is 1. The molecule has 0 spiro atoms. The highest BCUT2D eigenvalue weighted by Gasteiger charge is 2.34. The minimum Gasteiger partial charge on any atom is -0.327 e. The maximum absolute atomic E-state index is 6.34. The van der Waals surface area contributed by atoms with Gasteiger partial charge in [0.25, 0.3) is 0 Å². The Bertz CT molecular complexity index is 294. The second-order valence-corrected chi connectivity index (χ2v) is 7.16. The smallest absolute Gasteiger partial charge is 0.0223 e. The molecule has 4 unspecified atom stereocenters. The molecule has 2 saturated heterocycles. The van der Waals surface area contributed by atoms with Crippen LogP contribution >= 0.6 is 0 Å². The van der Waals surface area contributed by atoms with E-state index in [0.29, 0.717) is 6.04 Å². The van der Waals surface area contributed by atoms with Gasteiger partial charge in [0.1, 0.15) is 0 Å². The summed E-state index contributed by atoms with van der Waals surface area (Å²) in [5.41, 5.74) is 6.34. The van der Waals surface area contributed by atoms with Crippen LogP contribution in [0, 0.1) is 5.92 Å². The SMILES string of the molecule is CC1CN2CCCCC2CN1CC1CCCCC1N. The number of fused-ring (bicyclic) bond motifs is 1. The monoisotopic (exact) mass is 265 g/mol. The zero-order chi connectivity index (χ0) is 13.2. The summed E-state index contributed by atoms with van der Waals surface area (Å²) < 4.78 is 0. The summed E-state index contributed by atoms with van der Waals surface area (Å²) >= 11 is 0. The van der Waals surface area contributed by atoms with Crippen molar-refractivity contribution in [1.82, 2.24) is 9.80 Å². The highest BCUT2D eigenvalue weighted by Crippen LogP contribution is 2.28. The highest BCUT2D eigenvalue weighted by atomic mass is 15.3. The number of nitrogens with zero attached hydrogens (tertiary/aromatic N) is 2. The quantitative estimate of drug-likeness (QED) is 0.829. The van der Waals surface area contributed by atoms with E-state index in [4.69, 9.17) is 5.73 Å². The van der Waals surface area contributed by atoms with Gasteiger partial charge in [-0.2, -0.15) is 0 Å². The first-order valence-electron chi connectivity index (χ1n) is 8.47. The summed E-state index contributed by atoms with van der Waals surface area (Å²) in [7, 11) is 0. The van der Waals surface area contributed by atoms with Gasteiger partial charge < -0.3 is 5.73 Å². The molecule has 3 aliphatic rings. The lowest BCUT2D eigenvalue weighted by Crippen LogP contribution is -2.60. The second-order valence-electron chi connectivity index (χ2n) is 7.16. The molecule has 19 heavy (non-hydrogen) atoms. The third kappa shape index (κ3) is 3.14. The molecule has 0 bridgehead atoms. The van der Waals surface area contributed by atoms with E-state index in [2.05, 4.69) is 16.7 Å². The Morgan fingerprint density at radius 2 is 1.79 bits per heavy atom.